The Balaban J connectivity index is 2.22. The van der Waals surface area contributed by atoms with Gasteiger partial charge < -0.3 is 10.1 Å². The molecule has 0 amide bonds. The molecule has 0 saturated carbocycles. The number of hydrogen-bond acceptors (Lipinski definition) is 4. The smallest absolute Gasteiger partial charge is 0.217 e. The summed E-state index contributed by atoms with van der Waals surface area (Å²) in [5.74, 6) is 0.705. The lowest BCUT2D eigenvalue weighted by atomic mass is 10.0. The van der Waals surface area contributed by atoms with Gasteiger partial charge in [-0.2, -0.15) is 0 Å². The molecule has 0 fully saturated rings. The molecule has 1 atom stereocenters. The van der Waals surface area contributed by atoms with E-state index in [1.165, 1.54) is 4.88 Å². The molecule has 2 heterocycles. The quantitative estimate of drug-likeness (QED) is 0.808. The number of pyridine rings is 1. The molecular formula is C15H19BrN2OS. The first-order valence-corrected chi connectivity index (χ1v) is 8.37. The van der Waals surface area contributed by atoms with Gasteiger partial charge in [0.25, 0.3) is 0 Å². The van der Waals surface area contributed by atoms with Gasteiger partial charge in [-0.15, -0.1) is 11.3 Å². The fourth-order valence-corrected chi connectivity index (χ4v) is 3.61. The van der Waals surface area contributed by atoms with E-state index >= 15 is 0 Å². The van der Waals surface area contributed by atoms with Gasteiger partial charge in [-0.25, -0.2) is 4.98 Å². The second kappa shape index (κ2) is 7.76. The minimum Gasteiger partial charge on any atom is -0.481 e. The summed E-state index contributed by atoms with van der Waals surface area (Å²) < 4.78 is 6.54. The third-order valence-corrected chi connectivity index (χ3v) is 4.76. The molecule has 0 aliphatic heterocycles. The second-order valence-corrected chi connectivity index (χ2v) is 6.46. The van der Waals surface area contributed by atoms with Crippen LogP contribution in [0.2, 0.25) is 0 Å². The average Bonchev–Trinajstić information content (AvgIpc) is 2.88. The Kier molecular flexibility index (Phi) is 6.01. The summed E-state index contributed by atoms with van der Waals surface area (Å²) in [5.41, 5.74) is 1.12. The molecule has 0 aliphatic carbocycles. The van der Waals surface area contributed by atoms with E-state index in [4.69, 9.17) is 4.74 Å². The Morgan fingerprint density at radius 3 is 3.00 bits per heavy atom. The van der Waals surface area contributed by atoms with E-state index in [1.54, 1.807) is 24.6 Å². The lowest BCUT2D eigenvalue weighted by molar-refractivity contribution is 0.382. The predicted molar refractivity (Wildman–Crippen MR) is 87.5 cm³/mol. The van der Waals surface area contributed by atoms with Crippen LogP contribution in [0.5, 0.6) is 5.88 Å². The summed E-state index contributed by atoms with van der Waals surface area (Å²) in [5, 5.41) is 5.71. The monoisotopic (exact) mass is 354 g/mol. The molecule has 20 heavy (non-hydrogen) atoms. The number of rotatable bonds is 7. The van der Waals surface area contributed by atoms with Crippen LogP contribution < -0.4 is 10.1 Å². The molecule has 0 radical (unpaired) electrons. The van der Waals surface area contributed by atoms with Gasteiger partial charge in [0.15, 0.2) is 0 Å². The molecule has 108 valence electrons. The van der Waals surface area contributed by atoms with E-state index in [2.05, 4.69) is 50.7 Å². The van der Waals surface area contributed by atoms with Crippen LogP contribution in [0.4, 0.5) is 0 Å². The standard InChI is InChI=1S/C15H19BrN2OS/c1-3-6-17-14(9-12-8-11(16)10-20-12)13-5-4-7-18-15(13)19-2/h4-5,7-8,10,14,17H,3,6,9H2,1-2H3. The lowest BCUT2D eigenvalue weighted by Gasteiger charge is -2.20. The van der Waals surface area contributed by atoms with Gasteiger partial charge in [0.2, 0.25) is 5.88 Å². The van der Waals surface area contributed by atoms with Gasteiger partial charge in [-0.1, -0.05) is 13.0 Å². The largest absolute Gasteiger partial charge is 0.481 e. The maximum atomic E-state index is 5.39. The highest BCUT2D eigenvalue weighted by Gasteiger charge is 2.17. The maximum Gasteiger partial charge on any atom is 0.217 e. The highest BCUT2D eigenvalue weighted by atomic mass is 79.9. The summed E-state index contributed by atoms with van der Waals surface area (Å²) >= 11 is 5.28. The third kappa shape index (κ3) is 4.04. The Labute approximate surface area is 132 Å². The number of thiophene rings is 1. The summed E-state index contributed by atoms with van der Waals surface area (Å²) in [6.07, 6.45) is 3.81. The number of halogens is 1. The number of nitrogens with one attached hydrogen (secondary N) is 1. The van der Waals surface area contributed by atoms with Crippen molar-refractivity contribution in [3.05, 3.63) is 44.7 Å². The second-order valence-electron chi connectivity index (χ2n) is 4.54. The number of ether oxygens (including phenoxy) is 1. The average molecular weight is 355 g/mol. The van der Waals surface area contributed by atoms with Crippen LogP contribution in [0.3, 0.4) is 0 Å². The summed E-state index contributed by atoms with van der Waals surface area (Å²) in [6, 6.07) is 6.45. The van der Waals surface area contributed by atoms with Crippen molar-refractivity contribution >= 4 is 27.3 Å². The van der Waals surface area contributed by atoms with Gasteiger partial charge >= 0.3 is 0 Å². The number of nitrogens with zero attached hydrogens (tertiary/aromatic N) is 1. The zero-order chi connectivity index (χ0) is 14.4. The molecule has 1 unspecified atom stereocenters. The predicted octanol–water partition coefficient (Wildman–Crippen LogP) is 4.20. The Morgan fingerprint density at radius 1 is 1.50 bits per heavy atom. The minimum atomic E-state index is 0.226. The molecule has 0 aromatic carbocycles. The van der Waals surface area contributed by atoms with Gasteiger partial charge in [0, 0.05) is 39.0 Å². The van der Waals surface area contributed by atoms with Crippen LogP contribution in [-0.2, 0) is 6.42 Å². The van der Waals surface area contributed by atoms with E-state index in [1.807, 2.05) is 6.07 Å². The third-order valence-electron chi connectivity index (χ3n) is 3.04. The molecule has 0 spiro atoms. The molecule has 0 bridgehead atoms. The van der Waals surface area contributed by atoms with Crippen LogP contribution in [0.1, 0.15) is 29.8 Å². The SMILES string of the molecule is CCCNC(Cc1cc(Br)cs1)c1cccnc1OC. The normalized spacial score (nSPS) is 12.3. The first-order valence-electron chi connectivity index (χ1n) is 6.69. The van der Waals surface area contributed by atoms with E-state index in [-0.39, 0.29) is 6.04 Å². The minimum absolute atomic E-state index is 0.226. The molecular weight excluding hydrogens is 336 g/mol. The molecule has 1 N–H and O–H groups in total. The Bertz CT molecular complexity index is 544. The molecule has 2 aromatic rings. The van der Waals surface area contributed by atoms with Crippen molar-refractivity contribution in [3.8, 4) is 5.88 Å². The van der Waals surface area contributed by atoms with Crippen LogP contribution in [-0.4, -0.2) is 18.6 Å². The Hall–Kier alpha value is -0.910. The topological polar surface area (TPSA) is 34.2 Å². The molecule has 2 aromatic heterocycles. The zero-order valence-electron chi connectivity index (χ0n) is 11.7. The maximum absolute atomic E-state index is 5.39. The molecule has 2 rings (SSSR count). The van der Waals surface area contributed by atoms with Crippen molar-refractivity contribution in [2.75, 3.05) is 13.7 Å². The summed E-state index contributed by atoms with van der Waals surface area (Å²) in [4.78, 5) is 5.65. The van der Waals surface area contributed by atoms with Crippen molar-refractivity contribution in [1.82, 2.24) is 10.3 Å². The van der Waals surface area contributed by atoms with Gasteiger partial charge in [0.1, 0.15) is 0 Å². The number of hydrogen-bond donors (Lipinski definition) is 1. The van der Waals surface area contributed by atoms with Crippen molar-refractivity contribution in [2.45, 2.75) is 25.8 Å². The number of aromatic nitrogens is 1. The fourth-order valence-electron chi connectivity index (χ4n) is 2.11. The summed E-state index contributed by atoms with van der Waals surface area (Å²) in [6.45, 7) is 3.15. The number of methoxy groups -OCH3 is 1. The van der Waals surface area contributed by atoms with Gasteiger partial charge in [-0.05, 0) is 41.0 Å². The van der Waals surface area contributed by atoms with Crippen LogP contribution in [0.25, 0.3) is 0 Å². The lowest BCUT2D eigenvalue weighted by Crippen LogP contribution is -2.24. The van der Waals surface area contributed by atoms with Crippen LogP contribution in [0, 0.1) is 0 Å². The summed E-state index contributed by atoms with van der Waals surface area (Å²) in [7, 11) is 1.67. The van der Waals surface area contributed by atoms with Crippen molar-refractivity contribution in [2.24, 2.45) is 0 Å². The Morgan fingerprint density at radius 2 is 2.35 bits per heavy atom. The molecule has 5 heteroatoms. The zero-order valence-corrected chi connectivity index (χ0v) is 14.1. The highest BCUT2D eigenvalue weighted by Crippen LogP contribution is 2.29. The van der Waals surface area contributed by atoms with E-state index in [0.29, 0.717) is 5.88 Å². The van der Waals surface area contributed by atoms with Crippen molar-refractivity contribution in [3.63, 3.8) is 0 Å². The van der Waals surface area contributed by atoms with Gasteiger partial charge in [0.05, 0.1) is 7.11 Å². The van der Waals surface area contributed by atoms with Crippen LogP contribution in [0.15, 0.2) is 34.2 Å². The van der Waals surface area contributed by atoms with E-state index in [9.17, 15) is 0 Å². The molecule has 3 nitrogen and oxygen atoms in total. The van der Waals surface area contributed by atoms with Crippen molar-refractivity contribution < 1.29 is 4.74 Å². The molecule has 0 aliphatic rings. The van der Waals surface area contributed by atoms with E-state index in [0.717, 1.165) is 29.4 Å². The van der Waals surface area contributed by atoms with Crippen LogP contribution >= 0.6 is 27.3 Å². The first kappa shape index (κ1) is 15.5. The highest BCUT2D eigenvalue weighted by molar-refractivity contribution is 9.10. The van der Waals surface area contributed by atoms with E-state index < -0.39 is 0 Å². The molecule has 0 saturated heterocycles. The van der Waals surface area contributed by atoms with Crippen molar-refractivity contribution in [1.29, 1.82) is 0 Å². The first-order chi connectivity index (χ1) is 9.74. The van der Waals surface area contributed by atoms with Gasteiger partial charge in [-0.3, -0.25) is 0 Å². The fraction of sp³-hybridized carbons (Fsp3) is 0.400.